The predicted octanol–water partition coefficient (Wildman–Crippen LogP) is 4.30. The fraction of sp³-hybridized carbons (Fsp3) is 0.300. The number of hydrogen-bond donors (Lipinski definition) is 0. The van der Waals surface area contributed by atoms with Crippen molar-refractivity contribution in [1.29, 1.82) is 0 Å². The first kappa shape index (κ1) is 16.9. The van der Waals surface area contributed by atoms with E-state index in [4.69, 9.17) is 25.2 Å². The zero-order chi connectivity index (χ0) is 18.6. The minimum absolute atomic E-state index is 0.0206. The van der Waals surface area contributed by atoms with E-state index in [0.29, 0.717) is 46.6 Å². The lowest BCUT2D eigenvalue weighted by molar-refractivity contribution is 0.346. The third kappa shape index (κ3) is 2.38. The first-order chi connectivity index (χ1) is 12.4. The van der Waals surface area contributed by atoms with Gasteiger partial charge in [-0.05, 0) is 37.5 Å². The van der Waals surface area contributed by atoms with E-state index in [9.17, 15) is 9.59 Å². The van der Waals surface area contributed by atoms with Crippen LogP contribution in [0.5, 0.6) is 5.75 Å². The number of rotatable bonds is 2. The van der Waals surface area contributed by atoms with Crippen molar-refractivity contribution in [2.24, 2.45) is 0 Å². The third-order valence-electron chi connectivity index (χ3n) is 4.42. The Morgan fingerprint density at radius 2 is 1.92 bits per heavy atom. The number of hydrogen-bond acceptors (Lipinski definition) is 5. The van der Waals surface area contributed by atoms with Crippen LogP contribution in [0.25, 0.3) is 21.9 Å². The number of fused-ring (bicyclic) bond motifs is 6. The first-order valence-electron chi connectivity index (χ1n) is 8.40. The van der Waals surface area contributed by atoms with E-state index < -0.39 is 5.63 Å². The minimum Gasteiger partial charge on any atom is -0.488 e. The van der Waals surface area contributed by atoms with E-state index in [-0.39, 0.29) is 21.4 Å². The molecule has 0 fully saturated rings. The number of ether oxygens (including phenoxy) is 1. The summed E-state index contributed by atoms with van der Waals surface area (Å²) in [5, 5.41) is 0.781. The normalized spacial score (nSPS) is 13.6. The molecule has 6 heteroatoms. The van der Waals surface area contributed by atoms with Crippen LogP contribution in [0.2, 0.25) is 5.02 Å². The Labute approximate surface area is 153 Å². The average molecular weight is 372 g/mol. The lowest BCUT2D eigenvalue weighted by Crippen LogP contribution is -2.13. The molecule has 5 nitrogen and oxygen atoms in total. The molecular formula is C20H16ClO5. The van der Waals surface area contributed by atoms with Gasteiger partial charge < -0.3 is 13.6 Å². The zero-order valence-electron chi connectivity index (χ0n) is 14.6. The van der Waals surface area contributed by atoms with E-state index in [1.165, 1.54) is 6.07 Å². The van der Waals surface area contributed by atoms with Crippen molar-refractivity contribution in [2.45, 2.75) is 33.6 Å². The summed E-state index contributed by atoms with van der Waals surface area (Å²) in [6, 6.07) is 1.38. The molecule has 133 valence electrons. The Balaban J connectivity index is 2.37. The number of benzene rings is 1. The van der Waals surface area contributed by atoms with Gasteiger partial charge in [0.2, 0.25) is 0 Å². The molecule has 26 heavy (non-hydrogen) atoms. The quantitative estimate of drug-likeness (QED) is 0.496. The van der Waals surface area contributed by atoms with Crippen LogP contribution in [-0.2, 0) is 6.42 Å². The highest BCUT2D eigenvalue weighted by molar-refractivity contribution is 6.32. The van der Waals surface area contributed by atoms with Gasteiger partial charge in [-0.1, -0.05) is 24.9 Å². The lowest BCUT2D eigenvalue weighted by atomic mass is 9.96. The van der Waals surface area contributed by atoms with Gasteiger partial charge in [-0.2, -0.15) is 0 Å². The summed E-state index contributed by atoms with van der Waals surface area (Å²) in [6.07, 6.45) is 4.58. The lowest BCUT2D eigenvalue weighted by Gasteiger charge is -2.20. The van der Waals surface area contributed by atoms with Crippen LogP contribution in [0, 0.1) is 13.0 Å². The molecule has 0 bridgehead atoms. The summed E-state index contributed by atoms with van der Waals surface area (Å²) in [5.41, 5.74) is 1.57. The molecule has 2 aromatic heterocycles. The van der Waals surface area contributed by atoms with Gasteiger partial charge in [0.05, 0.1) is 10.9 Å². The molecule has 0 saturated carbocycles. The van der Waals surface area contributed by atoms with Gasteiger partial charge in [-0.15, -0.1) is 0 Å². The predicted molar refractivity (Wildman–Crippen MR) is 99.3 cm³/mol. The maximum absolute atomic E-state index is 12.7. The van der Waals surface area contributed by atoms with Crippen molar-refractivity contribution in [2.75, 3.05) is 6.61 Å². The van der Waals surface area contributed by atoms with Gasteiger partial charge in [-0.25, -0.2) is 4.79 Å². The highest BCUT2D eigenvalue weighted by Gasteiger charge is 2.27. The highest BCUT2D eigenvalue weighted by atomic mass is 35.5. The third-order valence-corrected chi connectivity index (χ3v) is 4.80. The Hall–Kier alpha value is -2.53. The van der Waals surface area contributed by atoms with Crippen molar-refractivity contribution in [1.82, 2.24) is 0 Å². The molecule has 0 unspecified atom stereocenters. The van der Waals surface area contributed by atoms with Crippen LogP contribution >= 0.6 is 11.6 Å². The van der Waals surface area contributed by atoms with Crippen LogP contribution in [0.3, 0.4) is 0 Å². The molecule has 0 amide bonds. The van der Waals surface area contributed by atoms with Crippen LogP contribution in [0.4, 0.5) is 0 Å². The molecule has 0 saturated heterocycles. The Bertz CT molecular complexity index is 1210. The fourth-order valence-corrected chi connectivity index (χ4v) is 3.60. The van der Waals surface area contributed by atoms with E-state index in [0.717, 1.165) is 12.0 Å². The standard InChI is InChI=1S/C20H16ClO5/c1-4-5-11-14-17-12(6-9(2)8-24-17)18-15(13(22)7-10(3)25-18)19(14)26-20(23)16(11)21/h7H,4-5,8H2,1-3H3. The number of halogens is 1. The summed E-state index contributed by atoms with van der Waals surface area (Å²) < 4.78 is 17.2. The second-order valence-corrected chi connectivity index (χ2v) is 6.84. The molecule has 3 heterocycles. The monoisotopic (exact) mass is 371 g/mol. The van der Waals surface area contributed by atoms with Crippen molar-refractivity contribution >= 4 is 33.5 Å². The van der Waals surface area contributed by atoms with Crippen LogP contribution in [0.1, 0.15) is 37.2 Å². The second kappa shape index (κ2) is 6.02. The fourth-order valence-electron chi connectivity index (χ4n) is 3.38. The maximum atomic E-state index is 12.7. The van der Waals surface area contributed by atoms with Gasteiger partial charge in [0.25, 0.3) is 0 Å². The molecule has 1 aromatic carbocycles. The van der Waals surface area contributed by atoms with Gasteiger partial charge in [0, 0.05) is 6.07 Å². The van der Waals surface area contributed by atoms with Crippen molar-refractivity contribution < 1.29 is 13.6 Å². The summed E-state index contributed by atoms with van der Waals surface area (Å²) in [7, 11) is 0. The molecule has 0 atom stereocenters. The molecule has 0 N–H and O–H groups in total. The van der Waals surface area contributed by atoms with Crippen molar-refractivity contribution in [3.8, 4) is 5.75 Å². The SMILES string of the molecule is CCCc1c(Cl)c(=O)oc2c1c1c(c3oc(C)cc(=O)c32)[C]=C(C)CO1. The van der Waals surface area contributed by atoms with Crippen LogP contribution < -0.4 is 15.8 Å². The largest absolute Gasteiger partial charge is 0.488 e. The molecular weight excluding hydrogens is 356 g/mol. The van der Waals surface area contributed by atoms with E-state index >= 15 is 0 Å². The second-order valence-electron chi connectivity index (χ2n) is 6.46. The summed E-state index contributed by atoms with van der Waals surface area (Å²) in [6.45, 7) is 5.92. The maximum Gasteiger partial charge on any atom is 0.355 e. The number of aryl methyl sites for hydroxylation is 2. The Kier molecular flexibility index (Phi) is 3.92. The summed E-state index contributed by atoms with van der Waals surface area (Å²) in [4.78, 5) is 25.0. The topological polar surface area (TPSA) is 69.7 Å². The summed E-state index contributed by atoms with van der Waals surface area (Å²) in [5.74, 6) is 0.945. The molecule has 3 aromatic rings. The molecule has 1 radical (unpaired) electrons. The Morgan fingerprint density at radius 3 is 2.65 bits per heavy atom. The van der Waals surface area contributed by atoms with Gasteiger partial charge >= 0.3 is 5.63 Å². The molecule has 0 spiro atoms. The zero-order valence-corrected chi connectivity index (χ0v) is 15.4. The first-order valence-corrected chi connectivity index (χ1v) is 8.78. The Morgan fingerprint density at radius 1 is 1.15 bits per heavy atom. The van der Waals surface area contributed by atoms with Crippen LogP contribution in [0.15, 0.2) is 30.1 Å². The molecule has 4 rings (SSSR count). The molecule has 0 aliphatic carbocycles. The van der Waals surface area contributed by atoms with Crippen molar-refractivity contribution in [3.63, 3.8) is 0 Å². The van der Waals surface area contributed by atoms with E-state index in [2.05, 4.69) is 6.08 Å². The molecule has 1 aliphatic rings. The van der Waals surface area contributed by atoms with Gasteiger partial charge in [-0.3, -0.25) is 4.79 Å². The summed E-state index contributed by atoms with van der Waals surface area (Å²) >= 11 is 6.25. The highest BCUT2D eigenvalue weighted by Crippen LogP contribution is 2.42. The van der Waals surface area contributed by atoms with Crippen LogP contribution in [-0.4, -0.2) is 6.61 Å². The van der Waals surface area contributed by atoms with E-state index in [1.54, 1.807) is 6.92 Å². The van der Waals surface area contributed by atoms with Crippen molar-refractivity contribution in [3.05, 3.63) is 60.3 Å². The molecule has 1 aliphatic heterocycles. The van der Waals surface area contributed by atoms with Gasteiger partial charge in [0.1, 0.15) is 28.5 Å². The smallest absolute Gasteiger partial charge is 0.355 e. The van der Waals surface area contributed by atoms with E-state index in [1.807, 2.05) is 13.8 Å². The van der Waals surface area contributed by atoms with Gasteiger partial charge in [0.15, 0.2) is 16.6 Å². The minimum atomic E-state index is -0.671. The average Bonchev–Trinajstić information content (AvgIpc) is 2.58.